The number of carboxylic acid groups (broad SMARTS) is 1. The predicted octanol–water partition coefficient (Wildman–Crippen LogP) is 2.33. The molecule has 4 nitrogen and oxygen atoms in total. The zero-order chi connectivity index (χ0) is 13.1. The summed E-state index contributed by atoms with van der Waals surface area (Å²) in [6.07, 6.45) is 4.68. The Morgan fingerprint density at radius 1 is 1.50 bits per heavy atom. The molecule has 2 rings (SSSR count). The van der Waals surface area contributed by atoms with Gasteiger partial charge in [0.1, 0.15) is 5.56 Å². The molecule has 0 aliphatic heterocycles. The van der Waals surface area contributed by atoms with E-state index >= 15 is 0 Å². The summed E-state index contributed by atoms with van der Waals surface area (Å²) in [5.74, 6) is 1.33. The quantitative estimate of drug-likeness (QED) is 0.838. The molecule has 1 aromatic heterocycles. The highest BCUT2D eigenvalue weighted by atomic mass is 16.5. The van der Waals surface area contributed by atoms with Crippen molar-refractivity contribution in [3.8, 4) is 18.2 Å². The van der Waals surface area contributed by atoms with E-state index in [0.29, 0.717) is 5.52 Å². The summed E-state index contributed by atoms with van der Waals surface area (Å²) in [6.45, 7) is 1.66. The number of nitrogens with zero attached hydrogens (tertiary/aromatic N) is 1. The molecule has 0 saturated heterocycles. The normalized spacial score (nSPS) is 11.8. The van der Waals surface area contributed by atoms with Gasteiger partial charge in [-0.2, -0.15) is 0 Å². The molecule has 4 heteroatoms. The lowest BCUT2D eigenvalue weighted by Crippen LogP contribution is -2.13. The van der Waals surface area contributed by atoms with Gasteiger partial charge in [-0.1, -0.05) is 24.1 Å². The van der Waals surface area contributed by atoms with Crippen molar-refractivity contribution >= 4 is 16.9 Å². The van der Waals surface area contributed by atoms with E-state index in [1.54, 1.807) is 19.1 Å². The van der Waals surface area contributed by atoms with Gasteiger partial charge in [-0.15, -0.1) is 6.42 Å². The van der Waals surface area contributed by atoms with Crippen LogP contribution in [0.3, 0.4) is 0 Å². The molecule has 1 heterocycles. The number of hydrogen-bond acceptors (Lipinski definition) is 3. The molecule has 0 amide bonds. The molecule has 0 radical (unpaired) electrons. The van der Waals surface area contributed by atoms with Crippen LogP contribution in [0, 0.1) is 12.3 Å². The number of aromatic nitrogens is 1. The lowest BCUT2D eigenvalue weighted by Gasteiger charge is -2.11. The Balaban J connectivity index is 2.58. The monoisotopic (exact) mass is 241 g/mol. The van der Waals surface area contributed by atoms with Gasteiger partial charge in [0.15, 0.2) is 6.10 Å². The standard InChI is InChI=1S/C14H11NO3/c1-3-9(2)18-13-11(14(16)17)8-10-6-4-5-7-12(10)15-13/h1,4-9H,2H3,(H,16,17). The Hall–Kier alpha value is -2.54. The first-order chi connectivity index (χ1) is 8.61. The third-order valence-electron chi connectivity index (χ3n) is 2.44. The largest absolute Gasteiger partial charge is 0.477 e. The van der Waals surface area contributed by atoms with E-state index < -0.39 is 12.1 Å². The first-order valence-corrected chi connectivity index (χ1v) is 5.37. The van der Waals surface area contributed by atoms with Crippen molar-refractivity contribution in [3.63, 3.8) is 0 Å². The molecular formula is C14H11NO3. The van der Waals surface area contributed by atoms with Gasteiger partial charge in [-0.3, -0.25) is 0 Å². The Labute approximate surface area is 104 Å². The average molecular weight is 241 g/mol. The van der Waals surface area contributed by atoms with E-state index in [0.717, 1.165) is 5.39 Å². The zero-order valence-corrected chi connectivity index (χ0v) is 9.75. The van der Waals surface area contributed by atoms with E-state index in [-0.39, 0.29) is 11.4 Å². The summed E-state index contributed by atoms with van der Waals surface area (Å²) in [5.41, 5.74) is 0.678. The molecule has 0 spiro atoms. The minimum atomic E-state index is -1.09. The van der Waals surface area contributed by atoms with Crippen molar-refractivity contribution in [3.05, 3.63) is 35.9 Å². The fraction of sp³-hybridized carbons (Fsp3) is 0.143. The minimum Gasteiger partial charge on any atom is -0.477 e. The van der Waals surface area contributed by atoms with Gasteiger partial charge < -0.3 is 9.84 Å². The van der Waals surface area contributed by atoms with Crippen LogP contribution < -0.4 is 4.74 Å². The second-order valence-corrected chi connectivity index (χ2v) is 3.77. The maximum Gasteiger partial charge on any atom is 0.341 e. The summed E-state index contributed by atoms with van der Waals surface area (Å²) in [6, 6.07) is 8.76. The fourth-order valence-electron chi connectivity index (χ4n) is 1.54. The van der Waals surface area contributed by atoms with Crippen molar-refractivity contribution in [2.24, 2.45) is 0 Å². The highest BCUT2D eigenvalue weighted by molar-refractivity contribution is 5.95. The molecular weight excluding hydrogens is 230 g/mol. The van der Waals surface area contributed by atoms with Crippen LogP contribution in [0.15, 0.2) is 30.3 Å². The topological polar surface area (TPSA) is 59.4 Å². The van der Waals surface area contributed by atoms with Crippen molar-refractivity contribution in [1.82, 2.24) is 4.98 Å². The minimum absolute atomic E-state index is 0.0100. The van der Waals surface area contributed by atoms with Crippen LogP contribution >= 0.6 is 0 Å². The molecule has 0 aliphatic rings. The average Bonchev–Trinajstić information content (AvgIpc) is 2.37. The van der Waals surface area contributed by atoms with Crippen LogP contribution in [-0.4, -0.2) is 22.2 Å². The summed E-state index contributed by atoms with van der Waals surface area (Å²) in [5, 5.41) is 9.88. The predicted molar refractivity (Wildman–Crippen MR) is 67.6 cm³/mol. The summed E-state index contributed by atoms with van der Waals surface area (Å²) in [4.78, 5) is 15.3. The molecule has 1 N–H and O–H groups in total. The number of carboxylic acids is 1. The Morgan fingerprint density at radius 3 is 2.89 bits per heavy atom. The van der Waals surface area contributed by atoms with Gasteiger partial charge in [0, 0.05) is 5.39 Å². The molecule has 90 valence electrons. The number of terminal acetylenes is 1. The first kappa shape index (κ1) is 11.9. The van der Waals surface area contributed by atoms with Crippen LogP contribution in [0.5, 0.6) is 5.88 Å². The number of pyridine rings is 1. The molecule has 1 unspecified atom stereocenters. The zero-order valence-electron chi connectivity index (χ0n) is 9.75. The SMILES string of the molecule is C#CC(C)Oc1nc2ccccc2cc1C(=O)O. The number of hydrogen-bond donors (Lipinski definition) is 1. The van der Waals surface area contributed by atoms with Gasteiger partial charge in [0.05, 0.1) is 5.52 Å². The van der Waals surface area contributed by atoms with E-state index in [1.807, 2.05) is 12.1 Å². The first-order valence-electron chi connectivity index (χ1n) is 5.37. The van der Waals surface area contributed by atoms with Crippen LogP contribution in [0.4, 0.5) is 0 Å². The number of rotatable bonds is 3. The van der Waals surface area contributed by atoms with Gasteiger partial charge in [0.25, 0.3) is 0 Å². The van der Waals surface area contributed by atoms with Crippen molar-refractivity contribution in [2.45, 2.75) is 13.0 Å². The lowest BCUT2D eigenvalue weighted by atomic mass is 10.1. The summed E-state index contributed by atoms with van der Waals surface area (Å²) < 4.78 is 5.34. The van der Waals surface area contributed by atoms with Gasteiger partial charge >= 0.3 is 5.97 Å². The van der Waals surface area contributed by atoms with E-state index in [2.05, 4.69) is 10.9 Å². The number of aromatic carboxylic acids is 1. The van der Waals surface area contributed by atoms with E-state index in [9.17, 15) is 4.79 Å². The number of carbonyl (C=O) groups is 1. The van der Waals surface area contributed by atoms with Gasteiger partial charge in [-0.25, -0.2) is 9.78 Å². The number of para-hydroxylation sites is 1. The van der Waals surface area contributed by atoms with Crippen LogP contribution in [0.1, 0.15) is 17.3 Å². The second kappa shape index (κ2) is 4.76. The second-order valence-electron chi connectivity index (χ2n) is 3.77. The Morgan fingerprint density at radius 2 is 2.22 bits per heavy atom. The number of benzene rings is 1. The maximum absolute atomic E-state index is 11.2. The summed E-state index contributed by atoms with van der Waals surface area (Å²) in [7, 11) is 0. The van der Waals surface area contributed by atoms with Crippen LogP contribution in [0.25, 0.3) is 10.9 Å². The fourth-order valence-corrected chi connectivity index (χ4v) is 1.54. The molecule has 1 aromatic carbocycles. The Kier molecular flexibility index (Phi) is 3.16. The number of fused-ring (bicyclic) bond motifs is 1. The highest BCUT2D eigenvalue weighted by Crippen LogP contribution is 2.23. The van der Waals surface area contributed by atoms with Crippen molar-refractivity contribution < 1.29 is 14.6 Å². The molecule has 0 fully saturated rings. The Bertz CT molecular complexity index is 643. The maximum atomic E-state index is 11.2. The highest BCUT2D eigenvalue weighted by Gasteiger charge is 2.16. The third-order valence-corrected chi connectivity index (χ3v) is 2.44. The molecule has 1 atom stereocenters. The van der Waals surface area contributed by atoms with E-state index in [4.69, 9.17) is 16.3 Å². The van der Waals surface area contributed by atoms with Crippen molar-refractivity contribution in [2.75, 3.05) is 0 Å². The van der Waals surface area contributed by atoms with Crippen molar-refractivity contribution in [1.29, 1.82) is 0 Å². The molecule has 0 bridgehead atoms. The molecule has 0 saturated carbocycles. The van der Waals surface area contributed by atoms with Crippen LogP contribution in [0.2, 0.25) is 0 Å². The third kappa shape index (κ3) is 2.25. The smallest absolute Gasteiger partial charge is 0.341 e. The van der Waals surface area contributed by atoms with Gasteiger partial charge in [0.2, 0.25) is 5.88 Å². The lowest BCUT2D eigenvalue weighted by molar-refractivity contribution is 0.0690. The van der Waals surface area contributed by atoms with Gasteiger partial charge in [-0.05, 0) is 19.1 Å². The molecule has 18 heavy (non-hydrogen) atoms. The van der Waals surface area contributed by atoms with Crippen LogP contribution in [-0.2, 0) is 0 Å². The summed E-state index contributed by atoms with van der Waals surface area (Å²) >= 11 is 0. The number of ether oxygens (including phenoxy) is 1. The molecule has 0 aliphatic carbocycles. The van der Waals surface area contributed by atoms with E-state index in [1.165, 1.54) is 6.07 Å². The molecule has 2 aromatic rings.